The Bertz CT molecular complexity index is 1200. The fourth-order valence-corrected chi connectivity index (χ4v) is 3.82. The van der Waals surface area contributed by atoms with Crippen molar-refractivity contribution in [3.05, 3.63) is 88.2 Å². The number of carbonyl (C=O) groups is 1. The average Bonchev–Trinajstić information content (AvgIpc) is 3.24. The number of halogens is 3. The Balaban J connectivity index is 1.40. The average molecular weight is 442 g/mol. The predicted octanol–water partition coefficient (Wildman–Crippen LogP) is 5.68. The van der Waals surface area contributed by atoms with Crippen molar-refractivity contribution in [3.63, 3.8) is 0 Å². The molecule has 1 amide bonds. The molecular weight excluding hydrogens is 425 g/mol. The molecule has 0 fully saturated rings. The number of aromatic nitrogens is 1. The van der Waals surface area contributed by atoms with E-state index in [2.05, 4.69) is 21.2 Å². The normalized spacial score (nSPS) is 11.3. The molecule has 31 heavy (non-hydrogen) atoms. The van der Waals surface area contributed by atoms with Crippen LogP contribution in [0.3, 0.4) is 0 Å². The molecule has 0 radical (unpaired) electrons. The molecule has 0 aliphatic rings. The Labute approximate surface area is 179 Å². The first-order valence-electron chi connectivity index (χ1n) is 9.29. The van der Waals surface area contributed by atoms with Gasteiger partial charge in [0.15, 0.2) is 0 Å². The molecular formula is C22H17F3N4OS. The largest absolute Gasteiger partial charge is 0.416 e. The highest BCUT2D eigenvalue weighted by Gasteiger charge is 2.29. The van der Waals surface area contributed by atoms with Gasteiger partial charge in [-0.2, -0.15) is 13.2 Å². The second-order valence-corrected chi connectivity index (χ2v) is 7.57. The van der Waals surface area contributed by atoms with Crippen LogP contribution in [0.25, 0.3) is 10.9 Å². The van der Waals surface area contributed by atoms with Crippen LogP contribution in [0.2, 0.25) is 0 Å². The van der Waals surface area contributed by atoms with Gasteiger partial charge in [-0.05, 0) is 53.4 Å². The summed E-state index contributed by atoms with van der Waals surface area (Å²) in [5.74, 6) is -0.392. The summed E-state index contributed by atoms with van der Waals surface area (Å²) in [6.45, 7) is 0.506. The summed E-state index contributed by atoms with van der Waals surface area (Å²) in [7, 11) is 0. The van der Waals surface area contributed by atoms with Crippen LogP contribution in [0.1, 0.15) is 20.8 Å². The number of nitrogens with one attached hydrogen (secondary N) is 3. The Kier molecular flexibility index (Phi) is 5.77. The molecule has 9 heteroatoms. The van der Waals surface area contributed by atoms with E-state index in [9.17, 15) is 18.0 Å². The second kappa shape index (κ2) is 8.65. The minimum atomic E-state index is -4.40. The minimum absolute atomic E-state index is 0.343. The first kappa shape index (κ1) is 20.7. The monoisotopic (exact) mass is 442 g/mol. The summed E-state index contributed by atoms with van der Waals surface area (Å²) in [5, 5.41) is 6.10. The van der Waals surface area contributed by atoms with Gasteiger partial charge in [0.2, 0.25) is 0 Å². The molecule has 0 unspecified atom stereocenters. The molecule has 4 aromatic rings. The van der Waals surface area contributed by atoms with E-state index in [0.29, 0.717) is 22.8 Å². The van der Waals surface area contributed by atoms with Crippen LogP contribution < -0.4 is 16.2 Å². The first-order chi connectivity index (χ1) is 14.9. The fourth-order valence-electron chi connectivity index (χ4n) is 3.05. The van der Waals surface area contributed by atoms with Crippen LogP contribution in [0.4, 0.5) is 24.5 Å². The van der Waals surface area contributed by atoms with Crippen LogP contribution in [0.5, 0.6) is 0 Å². The molecule has 0 saturated carbocycles. The molecule has 4 rings (SSSR count). The van der Waals surface area contributed by atoms with Gasteiger partial charge in [0.25, 0.3) is 5.91 Å². The summed E-state index contributed by atoms with van der Waals surface area (Å²) in [6, 6.07) is 16.0. The van der Waals surface area contributed by atoms with E-state index in [1.807, 2.05) is 30.3 Å². The molecule has 0 saturated heterocycles. The lowest BCUT2D eigenvalue weighted by Crippen LogP contribution is -2.29. The number of para-hydroxylation sites is 1. The summed E-state index contributed by atoms with van der Waals surface area (Å²) in [4.78, 5) is 17.4. The van der Waals surface area contributed by atoms with Crippen molar-refractivity contribution in [1.82, 2.24) is 10.4 Å². The second-order valence-electron chi connectivity index (χ2n) is 6.66. The third kappa shape index (κ3) is 4.77. The molecule has 158 valence electrons. The van der Waals surface area contributed by atoms with Crippen molar-refractivity contribution in [2.45, 2.75) is 12.7 Å². The number of thiophene rings is 1. The number of amides is 1. The lowest BCUT2D eigenvalue weighted by atomic mass is 10.1. The summed E-state index contributed by atoms with van der Waals surface area (Å²) in [5.41, 5.74) is 7.36. The number of nitrogens with zero attached hydrogens (tertiary/aromatic N) is 1. The van der Waals surface area contributed by atoms with Crippen LogP contribution in [-0.2, 0) is 12.7 Å². The van der Waals surface area contributed by atoms with Crippen molar-refractivity contribution in [3.8, 4) is 0 Å². The summed E-state index contributed by atoms with van der Waals surface area (Å²) >= 11 is 1.26. The molecule has 3 N–H and O–H groups in total. The highest BCUT2D eigenvalue weighted by atomic mass is 32.1. The summed E-state index contributed by atoms with van der Waals surface area (Å²) in [6.07, 6.45) is -2.66. The van der Waals surface area contributed by atoms with Gasteiger partial charge in [-0.25, -0.2) is 0 Å². The number of benzene rings is 2. The molecule has 0 aliphatic carbocycles. The van der Waals surface area contributed by atoms with Crippen molar-refractivity contribution in [2.24, 2.45) is 0 Å². The van der Waals surface area contributed by atoms with Crippen molar-refractivity contribution < 1.29 is 18.0 Å². The Morgan fingerprint density at radius 2 is 1.77 bits per heavy atom. The number of anilines is 2. The third-order valence-electron chi connectivity index (χ3n) is 4.61. The van der Waals surface area contributed by atoms with Gasteiger partial charge < -0.3 is 5.32 Å². The lowest BCUT2D eigenvalue weighted by molar-refractivity contribution is -0.137. The van der Waals surface area contributed by atoms with E-state index in [1.165, 1.54) is 23.5 Å². The van der Waals surface area contributed by atoms with Gasteiger partial charge in [0.1, 0.15) is 4.88 Å². The molecule has 5 nitrogen and oxygen atoms in total. The standard InChI is InChI=1S/C22H17F3N4OS/c23-22(24,25)15-5-7-16(8-6-15)28-29-21(30)20-19(10-12-31-20)27-13-14-9-11-26-18-4-2-1-3-17(14)18/h1-12,27-28H,13H2,(H,29,30). The Hall–Kier alpha value is -3.59. The molecule has 2 heterocycles. The number of carbonyl (C=O) groups excluding carboxylic acids is 1. The quantitative estimate of drug-likeness (QED) is 0.336. The number of hydrogen-bond donors (Lipinski definition) is 3. The Morgan fingerprint density at radius 3 is 2.55 bits per heavy atom. The maximum atomic E-state index is 12.6. The summed E-state index contributed by atoms with van der Waals surface area (Å²) < 4.78 is 37.9. The van der Waals surface area contributed by atoms with Crippen LogP contribution in [-0.4, -0.2) is 10.9 Å². The number of hydrogen-bond acceptors (Lipinski definition) is 5. The molecule has 2 aromatic carbocycles. The highest BCUT2D eigenvalue weighted by Crippen LogP contribution is 2.30. The van der Waals surface area contributed by atoms with Gasteiger partial charge in [-0.1, -0.05) is 18.2 Å². The highest BCUT2D eigenvalue weighted by molar-refractivity contribution is 7.12. The fraction of sp³-hybridized carbons (Fsp3) is 0.0909. The van der Waals surface area contributed by atoms with Gasteiger partial charge >= 0.3 is 6.18 Å². The zero-order valence-corrected chi connectivity index (χ0v) is 16.8. The molecule has 0 aliphatic heterocycles. The first-order valence-corrected chi connectivity index (χ1v) is 10.2. The van der Waals surface area contributed by atoms with Crippen molar-refractivity contribution >= 4 is 39.5 Å². The van der Waals surface area contributed by atoms with E-state index in [4.69, 9.17) is 0 Å². The van der Waals surface area contributed by atoms with E-state index in [-0.39, 0.29) is 0 Å². The van der Waals surface area contributed by atoms with Crippen LogP contribution in [0.15, 0.2) is 72.2 Å². The van der Waals surface area contributed by atoms with Crippen molar-refractivity contribution in [1.29, 1.82) is 0 Å². The molecule has 0 atom stereocenters. The molecule has 2 aromatic heterocycles. The van der Waals surface area contributed by atoms with Gasteiger partial charge in [-0.15, -0.1) is 11.3 Å². The maximum Gasteiger partial charge on any atom is 0.416 e. The minimum Gasteiger partial charge on any atom is -0.380 e. The zero-order chi connectivity index (χ0) is 21.8. The van der Waals surface area contributed by atoms with Crippen LogP contribution >= 0.6 is 11.3 Å². The van der Waals surface area contributed by atoms with E-state index < -0.39 is 17.6 Å². The third-order valence-corrected chi connectivity index (χ3v) is 5.53. The topological polar surface area (TPSA) is 66.1 Å². The number of rotatable bonds is 6. The number of alkyl halides is 3. The number of fused-ring (bicyclic) bond motifs is 1. The zero-order valence-electron chi connectivity index (χ0n) is 16.0. The SMILES string of the molecule is O=C(NNc1ccc(C(F)(F)F)cc1)c1sccc1NCc1ccnc2ccccc12. The molecule has 0 bridgehead atoms. The smallest absolute Gasteiger partial charge is 0.380 e. The van der Waals surface area contributed by atoms with Gasteiger partial charge in [-0.3, -0.25) is 20.6 Å². The predicted molar refractivity (Wildman–Crippen MR) is 116 cm³/mol. The van der Waals surface area contributed by atoms with E-state index in [0.717, 1.165) is 28.6 Å². The van der Waals surface area contributed by atoms with E-state index in [1.54, 1.807) is 17.6 Å². The number of hydrazine groups is 1. The van der Waals surface area contributed by atoms with Crippen LogP contribution in [0, 0.1) is 0 Å². The number of pyridine rings is 1. The van der Waals surface area contributed by atoms with E-state index >= 15 is 0 Å². The lowest BCUT2D eigenvalue weighted by Gasteiger charge is -2.12. The van der Waals surface area contributed by atoms with Gasteiger partial charge in [0, 0.05) is 18.1 Å². The van der Waals surface area contributed by atoms with Gasteiger partial charge in [0.05, 0.1) is 22.5 Å². The molecule has 0 spiro atoms. The Morgan fingerprint density at radius 1 is 1.00 bits per heavy atom. The van der Waals surface area contributed by atoms with Crippen molar-refractivity contribution in [2.75, 3.05) is 10.7 Å². The maximum absolute atomic E-state index is 12.6.